The first-order valence-electron chi connectivity index (χ1n) is 9.51. The number of sulfonamides is 1. The summed E-state index contributed by atoms with van der Waals surface area (Å²) in [6.45, 7) is 5.10. The molecule has 2 aromatic carbocycles. The molecular weight excluding hydrogens is 408 g/mol. The molecule has 1 saturated heterocycles. The molecule has 0 aromatic heterocycles. The van der Waals surface area contributed by atoms with Crippen LogP contribution in [0.2, 0.25) is 0 Å². The molecular formula is C20H24N4O5S. The third-order valence-electron chi connectivity index (χ3n) is 4.88. The number of aryl methyl sites for hydroxylation is 2. The second-order valence-corrected chi connectivity index (χ2v) is 9.24. The predicted molar refractivity (Wildman–Crippen MR) is 113 cm³/mol. The van der Waals surface area contributed by atoms with Gasteiger partial charge in [0, 0.05) is 37.9 Å². The van der Waals surface area contributed by atoms with Crippen molar-refractivity contribution < 1.29 is 18.1 Å². The van der Waals surface area contributed by atoms with Crippen molar-refractivity contribution in [1.82, 2.24) is 9.21 Å². The van der Waals surface area contributed by atoms with E-state index in [1.165, 1.54) is 28.6 Å². The Labute approximate surface area is 175 Å². The van der Waals surface area contributed by atoms with Crippen molar-refractivity contribution in [2.75, 3.05) is 38.0 Å². The van der Waals surface area contributed by atoms with E-state index in [4.69, 9.17) is 0 Å². The fourth-order valence-electron chi connectivity index (χ4n) is 3.54. The summed E-state index contributed by atoms with van der Waals surface area (Å²) in [6, 6.07) is 11.1. The zero-order valence-electron chi connectivity index (χ0n) is 16.9. The van der Waals surface area contributed by atoms with Gasteiger partial charge in [0.2, 0.25) is 15.9 Å². The highest BCUT2D eigenvalue weighted by atomic mass is 32.2. The van der Waals surface area contributed by atoms with E-state index in [0.717, 1.165) is 16.8 Å². The quantitative estimate of drug-likeness (QED) is 0.553. The number of hydrogen-bond acceptors (Lipinski definition) is 6. The molecule has 1 aliphatic rings. The highest BCUT2D eigenvalue weighted by Gasteiger charge is 2.33. The van der Waals surface area contributed by atoms with Crippen LogP contribution < -0.4 is 5.32 Å². The standard InChI is InChI=1S/C20H24N4O5S/c1-15-11-16(2)13-17(12-15)21-20(25)14-22-7-9-23(10-8-22)30(28,29)19-6-4-3-5-18(19)24(26)27/h3-6,11-13H,7-10,14H2,1-2H3,(H,21,25). The maximum absolute atomic E-state index is 12.9. The van der Waals surface area contributed by atoms with Crippen LogP contribution in [-0.4, -0.2) is 61.2 Å². The number of nitrogens with zero attached hydrogens (tertiary/aromatic N) is 3. The summed E-state index contributed by atoms with van der Waals surface area (Å²) in [5.74, 6) is -0.171. The average molecular weight is 433 g/mol. The van der Waals surface area contributed by atoms with Gasteiger partial charge in [-0.15, -0.1) is 0 Å². The number of hydrogen-bond donors (Lipinski definition) is 1. The van der Waals surface area contributed by atoms with Gasteiger partial charge in [-0.2, -0.15) is 4.31 Å². The molecule has 0 saturated carbocycles. The lowest BCUT2D eigenvalue weighted by Crippen LogP contribution is -2.50. The minimum Gasteiger partial charge on any atom is -0.325 e. The van der Waals surface area contributed by atoms with E-state index in [0.29, 0.717) is 13.1 Å². The zero-order valence-corrected chi connectivity index (χ0v) is 17.7. The molecule has 0 aliphatic carbocycles. The summed E-state index contributed by atoms with van der Waals surface area (Å²) in [4.78, 5) is 24.4. The molecule has 0 radical (unpaired) electrons. The van der Waals surface area contributed by atoms with E-state index in [2.05, 4.69) is 5.32 Å². The summed E-state index contributed by atoms with van der Waals surface area (Å²) in [6.07, 6.45) is 0. The minimum absolute atomic E-state index is 0.145. The Morgan fingerprint density at radius 3 is 2.27 bits per heavy atom. The van der Waals surface area contributed by atoms with Crippen LogP contribution in [0.1, 0.15) is 11.1 Å². The van der Waals surface area contributed by atoms with Gasteiger partial charge in [0.1, 0.15) is 0 Å². The Morgan fingerprint density at radius 1 is 1.07 bits per heavy atom. The van der Waals surface area contributed by atoms with E-state index in [9.17, 15) is 23.3 Å². The fraction of sp³-hybridized carbons (Fsp3) is 0.350. The minimum atomic E-state index is -3.98. The van der Waals surface area contributed by atoms with E-state index in [1.54, 1.807) is 0 Å². The molecule has 1 heterocycles. The highest BCUT2D eigenvalue weighted by molar-refractivity contribution is 7.89. The smallest absolute Gasteiger partial charge is 0.289 e. The van der Waals surface area contributed by atoms with Crippen LogP contribution in [0.15, 0.2) is 47.4 Å². The van der Waals surface area contributed by atoms with Crippen molar-refractivity contribution >= 4 is 27.3 Å². The van der Waals surface area contributed by atoms with Gasteiger partial charge in [-0.05, 0) is 43.2 Å². The third-order valence-corrected chi connectivity index (χ3v) is 6.83. The molecule has 0 bridgehead atoms. The Hall–Kier alpha value is -2.82. The number of para-hydroxylation sites is 1. The molecule has 1 amide bonds. The molecule has 9 nitrogen and oxygen atoms in total. The number of anilines is 1. The Kier molecular flexibility index (Phi) is 6.49. The van der Waals surface area contributed by atoms with Crippen molar-refractivity contribution in [3.05, 3.63) is 63.7 Å². The molecule has 30 heavy (non-hydrogen) atoms. The number of amides is 1. The van der Waals surface area contributed by atoms with Crippen LogP contribution in [0.4, 0.5) is 11.4 Å². The number of nitro benzene ring substituents is 1. The summed E-state index contributed by atoms with van der Waals surface area (Å²) in [5.41, 5.74) is 2.40. The van der Waals surface area contributed by atoms with Crippen LogP contribution in [0.3, 0.4) is 0 Å². The van der Waals surface area contributed by atoms with Gasteiger partial charge in [-0.1, -0.05) is 18.2 Å². The Balaban J connectivity index is 1.60. The second kappa shape index (κ2) is 8.90. The normalized spacial score (nSPS) is 15.7. The predicted octanol–water partition coefficient (Wildman–Crippen LogP) is 2.16. The maximum Gasteiger partial charge on any atom is 0.289 e. The number of benzene rings is 2. The van der Waals surface area contributed by atoms with E-state index in [-0.39, 0.29) is 30.4 Å². The van der Waals surface area contributed by atoms with Gasteiger partial charge < -0.3 is 5.32 Å². The monoisotopic (exact) mass is 432 g/mol. The van der Waals surface area contributed by atoms with Gasteiger partial charge in [-0.3, -0.25) is 19.8 Å². The SMILES string of the molecule is Cc1cc(C)cc(NC(=O)CN2CCN(S(=O)(=O)c3ccccc3[N+](=O)[O-])CC2)c1. The van der Waals surface area contributed by atoms with Crippen molar-refractivity contribution in [3.8, 4) is 0 Å². The first-order chi connectivity index (χ1) is 14.2. The van der Waals surface area contributed by atoms with Crippen molar-refractivity contribution in [2.24, 2.45) is 0 Å². The van der Waals surface area contributed by atoms with Gasteiger partial charge in [0.15, 0.2) is 4.90 Å². The molecule has 2 aromatic rings. The first-order valence-corrected chi connectivity index (χ1v) is 10.9. The number of nitro groups is 1. The number of nitrogens with one attached hydrogen (secondary N) is 1. The van der Waals surface area contributed by atoms with Crippen LogP contribution in [0.5, 0.6) is 0 Å². The lowest BCUT2D eigenvalue weighted by atomic mass is 10.1. The number of carbonyl (C=O) groups is 1. The number of rotatable bonds is 6. The lowest BCUT2D eigenvalue weighted by Gasteiger charge is -2.33. The fourth-order valence-corrected chi connectivity index (χ4v) is 5.12. The van der Waals surface area contributed by atoms with Crippen molar-refractivity contribution in [3.63, 3.8) is 0 Å². The molecule has 0 atom stereocenters. The molecule has 0 spiro atoms. The van der Waals surface area contributed by atoms with Crippen molar-refractivity contribution in [2.45, 2.75) is 18.7 Å². The molecule has 1 aliphatic heterocycles. The molecule has 160 valence electrons. The molecule has 10 heteroatoms. The van der Waals surface area contributed by atoms with Gasteiger partial charge in [0.25, 0.3) is 5.69 Å². The van der Waals surface area contributed by atoms with Gasteiger partial charge in [-0.25, -0.2) is 8.42 Å². The molecule has 0 unspecified atom stereocenters. The molecule has 1 fully saturated rings. The summed E-state index contributed by atoms with van der Waals surface area (Å²) < 4.78 is 27.0. The maximum atomic E-state index is 12.9. The van der Waals surface area contributed by atoms with Gasteiger partial charge >= 0.3 is 0 Å². The second-order valence-electron chi connectivity index (χ2n) is 7.33. The highest BCUT2D eigenvalue weighted by Crippen LogP contribution is 2.26. The zero-order chi connectivity index (χ0) is 21.9. The lowest BCUT2D eigenvalue weighted by molar-refractivity contribution is -0.387. The molecule has 3 rings (SSSR count). The van der Waals surface area contributed by atoms with Gasteiger partial charge in [0.05, 0.1) is 11.5 Å². The number of piperazine rings is 1. The summed E-state index contributed by atoms with van der Waals surface area (Å²) in [5, 5.41) is 14.1. The third kappa shape index (κ3) is 5.02. The van der Waals surface area contributed by atoms with Crippen molar-refractivity contribution in [1.29, 1.82) is 0 Å². The Morgan fingerprint density at radius 2 is 1.67 bits per heavy atom. The molecule has 1 N–H and O–H groups in total. The van der Waals surface area contributed by atoms with E-state index >= 15 is 0 Å². The van der Waals surface area contributed by atoms with Crippen LogP contribution >= 0.6 is 0 Å². The van der Waals surface area contributed by atoms with Crippen LogP contribution in [-0.2, 0) is 14.8 Å². The Bertz CT molecular complexity index is 1040. The van der Waals surface area contributed by atoms with Crippen LogP contribution in [0.25, 0.3) is 0 Å². The number of carbonyl (C=O) groups excluding carboxylic acids is 1. The van der Waals surface area contributed by atoms with E-state index < -0.39 is 20.6 Å². The summed E-state index contributed by atoms with van der Waals surface area (Å²) in [7, 11) is -3.98. The van der Waals surface area contributed by atoms with Crippen LogP contribution in [0, 0.1) is 24.0 Å². The van der Waals surface area contributed by atoms with E-state index in [1.807, 2.05) is 36.9 Å². The average Bonchev–Trinajstić information content (AvgIpc) is 2.67. The topological polar surface area (TPSA) is 113 Å². The summed E-state index contributed by atoms with van der Waals surface area (Å²) >= 11 is 0. The largest absolute Gasteiger partial charge is 0.325 e. The first kappa shape index (κ1) is 21.9.